The summed E-state index contributed by atoms with van der Waals surface area (Å²) in [7, 11) is 0. The molecule has 0 bridgehead atoms. The first kappa shape index (κ1) is 22.0. The molecule has 7 nitrogen and oxygen atoms in total. The zero-order chi connectivity index (χ0) is 22.2. The normalized spacial score (nSPS) is 10.5. The van der Waals surface area contributed by atoms with E-state index in [1.54, 1.807) is 48.5 Å². The summed E-state index contributed by atoms with van der Waals surface area (Å²) < 4.78 is 0. The van der Waals surface area contributed by atoms with E-state index in [0.717, 1.165) is 0 Å². The van der Waals surface area contributed by atoms with E-state index in [0.29, 0.717) is 21.3 Å². The van der Waals surface area contributed by atoms with E-state index in [9.17, 15) is 14.4 Å². The molecule has 0 spiro atoms. The average molecular weight is 455 g/mol. The molecule has 3 aromatic carbocycles. The van der Waals surface area contributed by atoms with Crippen LogP contribution in [0.25, 0.3) is 0 Å². The Hall–Kier alpha value is -3.68. The largest absolute Gasteiger partial charge is 0.329 e. The highest BCUT2D eigenvalue weighted by Crippen LogP contribution is 2.19. The highest BCUT2D eigenvalue weighted by Gasteiger charge is 2.17. The fourth-order valence-electron chi connectivity index (χ4n) is 2.51. The lowest BCUT2D eigenvalue weighted by Gasteiger charge is -2.11. The molecule has 3 N–H and O–H groups in total. The van der Waals surface area contributed by atoms with Crippen molar-refractivity contribution in [2.45, 2.75) is 0 Å². The van der Waals surface area contributed by atoms with E-state index in [-0.39, 0.29) is 11.3 Å². The molecule has 3 aromatic rings. The molecule has 31 heavy (non-hydrogen) atoms. The first-order chi connectivity index (χ1) is 14.9. The topological polar surface area (TPSA) is 99.7 Å². The number of para-hydroxylation sites is 2. The minimum Gasteiger partial charge on any atom is -0.322 e. The number of carbonyl (C=O) groups is 3. The van der Waals surface area contributed by atoms with Gasteiger partial charge in [-0.2, -0.15) is 5.10 Å². The van der Waals surface area contributed by atoms with Gasteiger partial charge < -0.3 is 10.6 Å². The molecule has 0 radical (unpaired) electrons. The van der Waals surface area contributed by atoms with Crippen molar-refractivity contribution in [1.82, 2.24) is 5.43 Å². The van der Waals surface area contributed by atoms with Crippen molar-refractivity contribution in [2.24, 2.45) is 5.10 Å². The van der Waals surface area contributed by atoms with Crippen LogP contribution in [-0.4, -0.2) is 23.9 Å². The Morgan fingerprint density at radius 1 is 0.806 bits per heavy atom. The van der Waals surface area contributed by atoms with E-state index in [4.69, 9.17) is 23.2 Å². The summed E-state index contributed by atoms with van der Waals surface area (Å²) in [6, 6.07) is 19.9. The molecule has 0 saturated heterocycles. The molecular weight excluding hydrogens is 439 g/mol. The van der Waals surface area contributed by atoms with Gasteiger partial charge in [0, 0.05) is 16.3 Å². The Kier molecular flexibility index (Phi) is 7.37. The van der Waals surface area contributed by atoms with Crippen LogP contribution in [0.1, 0.15) is 15.9 Å². The van der Waals surface area contributed by atoms with Gasteiger partial charge in [0.15, 0.2) is 0 Å². The maximum Gasteiger partial charge on any atom is 0.329 e. The van der Waals surface area contributed by atoms with Crippen molar-refractivity contribution in [2.75, 3.05) is 10.6 Å². The van der Waals surface area contributed by atoms with E-state index in [1.807, 2.05) is 6.07 Å². The molecule has 0 aliphatic heterocycles. The summed E-state index contributed by atoms with van der Waals surface area (Å²) in [6.45, 7) is 0. The number of nitrogens with zero attached hydrogens (tertiary/aromatic N) is 1. The molecule has 0 heterocycles. The Bertz CT molecular complexity index is 1150. The standard InChI is InChI=1S/C22H16Cl2N4O3/c23-15-11-10-14(18(24)12-15)13-25-28-22(31)21(30)27-19-9-5-4-8-17(19)20(29)26-16-6-2-1-3-7-16/h1-13H,(H,26,29)(H,27,30)(H,28,31)/b25-13-. The number of rotatable bonds is 5. The molecule has 3 amide bonds. The Labute approximate surface area is 188 Å². The third-order valence-electron chi connectivity index (χ3n) is 3.99. The summed E-state index contributed by atoms with van der Waals surface area (Å²) in [5.41, 5.74) is 3.59. The van der Waals surface area contributed by atoms with Crippen LogP contribution in [0.15, 0.2) is 77.9 Å². The molecule has 0 aliphatic carbocycles. The third kappa shape index (κ3) is 6.15. The van der Waals surface area contributed by atoms with Gasteiger partial charge in [-0.25, -0.2) is 5.43 Å². The first-order valence-corrected chi connectivity index (χ1v) is 9.74. The van der Waals surface area contributed by atoms with Crippen molar-refractivity contribution in [3.8, 4) is 0 Å². The number of carbonyl (C=O) groups excluding carboxylic acids is 3. The molecule has 0 unspecified atom stereocenters. The maximum atomic E-state index is 12.6. The molecule has 9 heteroatoms. The number of halogens is 2. The molecule has 0 aliphatic rings. The van der Waals surface area contributed by atoms with E-state index in [1.165, 1.54) is 24.4 Å². The molecule has 0 atom stereocenters. The van der Waals surface area contributed by atoms with E-state index >= 15 is 0 Å². The second-order valence-corrected chi connectivity index (χ2v) is 7.03. The lowest BCUT2D eigenvalue weighted by Crippen LogP contribution is -2.33. The average Bonchev–Trinajstić information content (AvgIpc) is 2.76. The quantitative estimate of drug-likeness (QED) is 0.303. The number of anilines is 2. The number of amides is 3. The summed E-state index contributed by atoms with van der Waals surface area (Å²) >= 11 is 11.8. The van der Waals surface area contributed by atoms with Crippen LogP contribution in [0.2, 0.25) is 10.0 Å². The molecular formula is C22H16Cl2N4O3. The van der Waals surface area contributed by atoms with Crippen LogP contribution < -0.4 is 16.1 Å². The molecule has 0 saturated carbocycles. The fourth-order valence-corrected chi connectivity index (χ4v) is 2.96. The monoisotopic (exact) mass is 454 g/mol. The highest BCUT2D eigenvalue weighted by molar-refractivity contribution is 6.40. The van der Waals surface area contributed by atoms with E-state index < -0.39 is 17.7 Å². The molecule has 156 valence electrons. The second-order valence-electron chi connectivity index (χ2n) is 6.18. The number of nitrogens with one attached hydrogen (secondary N) is 3. The van der Waals surface area contributed by atoms with Gasteiger partial charge in [-0.05, 0) is 36.4 Å². The van der Waals surface area contributed by atoms with Crippen molar-refractivity contribution in [1.29, 1.82) is 0 Å². The van der Waals surface area contributed by atoms with Gasteiger partial charge >= 0.3 is 11.8 Å². The van der Waals surface area contributed by atoms with Crippen LogP contribution in [0, 0.1) is 0 Å². The van der Waals surface area contributed by atoms with Crippen molar-refractivity contribution in [3.05, 3.63) is 94.0 Å². The third-order valence-corrected chi connectivity index (χ3v) is 4.55. The summed E-state index contributed by atoms with van der Waals surface area (Å²) in [5, 5.41) is 9.66. The number of hydrogen-bond donors (Lipinski definition) is 3. The molecule has 0 fully saturated rings. The first-order valence-electron chi connectivity index (χ1n) is 8.99. The summed E-state index contributed by atoms with van der Waals surface area (Å²) in [5.74, 6) is -2.43. The Morgan fingerprint density at radius 3 is 2.26 bits per heavy atom. The lowest BCUT2D eigenvalue weighted by atomic mass is 10.1. The smallest absolute Gasteiger partial charge is 0.322 e. The zero-order valence-corrected chi connectivity index (χ0v) is 17.4. The number of benzene rings is 3. The summed E-state index contributed by atoms with van der Waals surface area (Å²) in [4.78, 5) is 36.8. The lowest BCUT2D eigenvalue weighted by molar-refractivity contribution is -0.136. The van der Waals surface area contributed by atoms with Crippen molar-refractivity contribution < 1.29 is 14.4 Å². The van der Waals surface area contributed by atoms with Crippen LogP contribution in [0.4, 0.5) is 11.4 Å². The SMILES string of the molecule is O=C(N/N=C\c1ccc(Cl)cc1Cl)C(=O)Nc1ccccc1C(=O)Nc1ccccc1. The van der Waals surface area contributed by atoms with Crippen molar-refractivity contribution >= 4 is 58.5 Å². The van der Waals surface area contributed by atoms with Gasteiger partial charge in [0.05, 0.1) is 22.5 Å². The number of hydrazone groups is 1. The van der Waals surface area contributed by atoms with Crippen molar-refractivity contribution in [3.63, 3.8) is 0 Å². The fraction of sp³-hybridized carbons (Fsp3) is 0. The van der Waals surface area contributed by atoms with Gasteiger partial charge in [0.2, 0.25) is 0 Å². The molecule has 0 aromatic heterocycles. The highest BCUT2D eigenvalue weighted by atomic mass is 35.5. The minimum atomic E-state index is -1.01. The van der Waals surface area contributed by atoms with Gasteiger partial charge in [0.25, 0.3) is 5.91 Å². The van der Waals surface area contributed by atoms with Crippen LogP contribution in [-0.2, 0) is 9.59 Å². The van der Waals surface area contributed by atoms with E-state index in [2.05, 4.69) is 21.2 Å². The van der Waals surface area contributed by atoms with Gasteiger partial charge in [0.1, 0.15) is 0 Å². The van der Waals surface area contributed by atoms with Crippen LogP contribution in [0.3, 0.4) is 0 Å². The second kappa shape index (κ2) is 10.4. The minimum absolute atomic E-state index is 0.181. The van der Waals surface area contributed by atoms with Crippen LogP contribution >= 0.6 is 23.2 Å². The van der Waals surface area contributed by atoms with Crippen LogP contribution in [0.5, 0.6) is 0 Å². The molecule has 3 rings (SSSR count). The van der Waals surface area contributed by atoms with Gasteiger partial charge in [-0.1, -0.05) is 59.6 Å². The Morgan fingerprint density at radius 2 is 1.52 bits per heavy atom. The predicted molar refractivity (Wildman–Crippen MR) is 122 cm³/mol. The van der Waals surface area contributed by atoms with Gasteiger partial charge in [-0.15, -0.1) is 0 Å². The Balaban J connectivity index is 1.64. The maximum absolute atomic E-state index is 12.6. The predicted octanol–water partition coefficient (Wildman–Crippen LogP) is 4.33. The zero-order valence-electron chi connectivity index (χ0n) is 15.9. The van der Waals surface area contributed by atoms with Gasteiger partial charge in [-0.3, -0.25) is 14.4 Å². The summed E-state index contributed by atoms with van der Waals surface area (Å²) in [6.07, 6.45) is 1.28. The number of hydrogen-bond acceptors (Lipinski definition) is 4.